The molecule has 0 aliphatic carbocycles. The fourth-order valence-electron chi connectivity index (χ4n) is 2.53. The second kappa shape index (κ2) is 7.36. The number of aromatic nitrogens is 1. The molecule has 0 bridgehead atoms. The van der Waals surface area contributed by atoms with Gasteiger partial charge in [-0.15, -0.1) is 23.7 Å². The van der Waals surface area contributed by atoms with Crippen LogP contribution >= 0.6 is 23.7 Å². The van der Waals surface area contributed by atoms with Crippen LogP contribution in [0.15, 0.2) is 29.6 Å². The Morgan fingerprint density at radius 2 is 2.10 bits per heavy atom. The van der Waals surface area contributed by atoms with Crippen molar-refractivity contribution in [3.63, 3.8) is 0 Å². The lowest BCUT2D eigenvalue weighted by atomic mass is 10.2. The van der Waals surface area contributed by atoms with Gasteiger partial charge in [0, 0.05) is 43.2 Å². The third kappa shape index (κ3) is 4.04. The molecule has 5 heteroatoms. The van der Waals surface area contributed by atoms with Crippen molar-refractivity contribution < 1.29 is 0 Å². The summed E-state index contributed by atoms with van der Waals surface area (Å²) in [4.78, 5) is 7.30. The zero-order valence-corrected chi connectivity index (χ0v) is 14.1. The summed E-state index contributed by atoms with van der Waals surface area (Å²) in [6.07, 6.45) is 0. The van der Waals surface area contributed by atoms with Crippen molar-refractivity contribution in [1.29, 1.82) is 0 Å². The second-order valence-electron chi connectivity index (χ2n) is 5.53. The van der Waals surface area contributed by atoms with Gasteiger partial charge in [0.05, 0.1) is 5.69 Å². The molecule has 2 aromatic rings. The Morgan fingerprint density at radius 3 is 2.81 bits per heavy atom. The Kier molecular flexibility index (Phi) is 5.76. The van der Waals surface area contributed by atoms with E-state index in [1.165, 1.54) is 16.8 Å². The number of thiazole rings is 1. The number of hydrogen-bond donors (Lipinski definition) is 1. The van der Waals surface area contributed by atoms with Crippen LogP contribution in [0.25, 0.3) is 10.6 Å². The Balaban J connectivity index is 0.00000161. The van der Waals surface area contributed by atoms with Gasteiger partial charge in [-0.1, -0.05) is 29.8 Å². The maximum Gasteiger partial charge on any atom is 0.123 e. The number of benzene rings is 1. The van der Waals surface area contributed by atoms with E-state index in [1.54, 1.807) is 11.3 Å². The van der Waals surface area contributed by atoms with Crippen molar-refractivity contribution in [1.82, 2.24) is 15.2 Å². The van der Waals surface area contributed by atoms with Crippen LogP contribution in [0.1, 0.15) is 18.2 Å². The van der Waals surface area contributed by atoms with Gasteiger partial charge in [-0.3, -0.25) is 4.90 Å². The molecular formula is C16H22ClN3S. The van der Waals surface area contributed by atoms with Gasteiger partial charge in [-0.2, -0.15) is 0 Å². The Bertz CT molecular complexity index is 567. The molecule has 1 N–H and O–H groups in total. The van der Waals surface area contributed by atoms with Gasteiger partial charge in [-0.05, 0) is 13.8 Å². The smallest absolute Gasteiger partial charge is 0.123 e. The lowest BCUT2D eigenvalue weighted by Crippen LogP contribution is -2.49. The van der Waals surface area contributed by atoms with Crippen LogP contribution in [0.3, 0.4) is 0 Å². The normalized spacial score (nSPS) is 19.2. The highest BCUT2D eigenvalue weighted by atomic mass is 35.5. The van der Waals surface area contributed by atoms with E-state index in [1.807, 2.05) is 0 Å². The van der Waals surface area contributed by atoms with Gasteiger partial charge in [-0.25, -0.2) is 4.98 Å². The van der Waals surface area contributed by atoms with Crippen LogP contribution in [-0.4, -0.2) is 35.6 Å². The zero-order valence-electron chi connectivity index (χ0n) is 12.5. The van der Waals surface area contributed by atoms with E-state index in [4.69, 9.17) is 4.98 Å². The third-order valence-electron chi connectivity index (χ3n) is 3.85. The first kappa shape index (κ1) is 16.4. The zero-order chi connectivity index (χ0) is 13.9. The summed E-state index contributed by atoms with van der Waals surface area (Å²) >= 11 is 1.74. The van der Waals surface area contributed by atoms with Gasteiger partial charge in [0.15, 0.2) is 0 Å². The van der Waals surface area contributed by atoms with E-state index in [2.05, 4.69) is 53.7 Å². The molecule has 3 nitrogen and oxygen atoms in total. The van der Waals surface area contributed by atoms with Crippen LogP contribution in [0.4, 0.5) is 0 Å². The highest BCUT2D eigenvalue weighted by Gasteiger charge is 2.18. The van der Waals surface area contributed by atoms with Crippen molar-refractivity contribution in [3.8, 4) is 10.6 Å². The number of hydrogen-bond acceptors (Lipinski definition) is 4. The third-order valence-corrected chi connectivity index (χ3v) is 4.79. The molecule has 0 amide bonds. The van der Waals surface area contributed by atoms with E-state index in [0.29, 0.717) is 6.04 Å². The highest BCUT2D eigenvalue weighted by molar-refractivity contribution is 7.13. The molecular weight excluding hydrogens is 302 g/mol. The van der Waals surface area contributed by atoms with E-state index < -0.39 is 0 Å². The quantitative estimate of drug-likeness (QED) is 0.939. The number of rotatable bonds is 3. The Hall–Kier alpha value is -0.940. The van der Waals surface area contributed by atoms with Crippen molar-refractivity contribution in [2.75, 3.05) is 19.6 Å². The molecule has 0 spiro atoms. The molecule has 1 aromatic heterocycles. The molecule has 1 atom stereocenters. The fraction of sp³-hybridized carbons (Fsp3) is 0.438. The summed E-state index contributed by atoms with van der Waals surface area (Å²) in [5.74, 6) is 0. The molecule has 2 heterocycles. The molecule has 1 aliphatic heterocycles. The van der Waals surface area contributed by atoms with Gasteiger partial charge in [0.2, 0.25) is 0 Å². The average molecular weight is 324 g/mol. The average Bonchev–Trinajstić information content (AvgIpc) is 2.91. The Morgan fingerprint density at radius 1 is 1.33 bits per heavy atom. The van der Waals surface area contributed by atoms with E-state index in [9.17, 15) is 0 Å². The standard InChI is InChI=1S/C16H21N3S.ClH/c1-12-3-5-14(6-4-12)16-18-15(11-20-16)10-19-8-7-17-9-13(19)2;/h3-6,11,13,17H,7-10H2,1-2H3;1H. The summed E-state index contributed by atoms with van der Waals surface area (Å²) in [7, 11) is 0. The van der Waals surface area contributed by atoms with Gasteiger partial charge >= 0.3 is 0 Å². The second-order valence-corrected chi connectivity index (χ2v) is 6.39. The highest BCUT2D eigenvalue weighted by Crippen LogP contribution is 2.24. The Labute approximate surface area is 136 Å². The number of piperazine rings is 1. The van der Waals surface area contributed by atoms with Crippen LogP contribution in [0.5, 0.6) is 0 Å². The van der Waals surface area contributed by atoms with Crippen molar-refractivity contribution >= 4 is 23.7 Å². The lowest BCUT2D eigenvalue weighted by molar-refractivity contribution is 0.164. The molecule has 1 aliphatic rings. The largest absolute Gasteiger partial charge is 0.314 e. The molecule has 0 saturated carbocycles. The van der Waals surface area contributed by atoms with Crippen LogP contribution in [-0.2, 0) is 6.54 Å². The monoisotopic (exact) mass is 323 g/mol. The molecule has 114 valence electrons. The summed E-state index contributed by atoms with van der Waals surface area (Å²) in [6.45, 7) is 8.63. The van der Waals surface area contributed by atoms with Gasteiger partial charge in [0.25, 0.3) is 0 Å². The summed E-state index contributed by atoms with van der Waals surface area (Å²) in [5, 5.41) is 6.75. The topological polar surface area (TPSA) is 28.2 Å². The maximum atomic E-state index is 4.80. The number of nitrogens with zero attached hydrogens (tertiary/aromatic N) is 2. The van der Waals surface area contributed by atoms with Crippen molar-refractivity contribution in [2.45, 2.75) is 26.4 Å². The summed E-state index contributed by atoms with van der Waals surface area (Å²) in [6, 6.07) is 9.20. The summed E-state index contributed by atoms with van der Waals surface area (Å²) < 4.78 is 0. The molecule has 3 rings (SSSR count). The lowest BCUT2D eigenvalue weighted by Gasteiger charge is -2.33. The molecule has 21 heavy (non-hydrogen) atoms. The van der Waals surface area contributed by atoms with Gasteiger partial charge in [0.1, 0.15) is 5.01 Å². The minimum absolute atomic E-state index is 0. The predicted octanol–water partition coefficient (Wildman–Crippen LogP) is 3.33. The molecule has 1 saturated heterocycles. The number of nitrogens with one attached hydrogen (secondary N) is 1. The number of aryl methyl sites for hydroxylation is 1. The van der Waals surface area contributed by atoms with E-state index in [0.717, 1.165) is 31.2 Å². The van der Waals surface area contributed by atoms with Crippen molar-refractivity contribution in [3.05, 3.63) is 40.9 Å². The van der Waals surface area contributed by atoms with Crippen molar-refractivity contribution in [2.24, 2.45) is 0 Å². The minimum atomic E-state index is 0. The predicted molar refractivity (Wildman–Crippen MR) is 92.3 cm³/mol. The van der Waals surface area contributed by atoms with Crippen LogP contribution in [0.2, 0.25) is 0 Å². The maximum absolute atomic E-state index is 4.80. The molecule has 1 fully saturated rings. The number of halogens is 1. The first-order valence-electron chi connectivity index (χ1n) is 7.18. The van der Waals surface area contributed by atoms with Gasteiger partial charge < -0.3 is 5.32 Å². The first-order valence-corrected chi connectivity index (χ1v) is 8.06. The fourth-order valence-corrected chi connectivity index (χ4v) is 3.35. The van der Waals surface area contributed by atoms with Crippen LogP contribution < -0.4 is 5.32 Å². The SMILES string of the molecule is Cc1ccc(-c2nc(CN3CCNCC3C)cs2)cc1.Cl. The molecule has 0 radical (unpaired) electrons. The van der Waals surface area contributed by atoms with E-state index in [-0.39, 0.29) is 12.4 Å². The van der Waals surface area contributed by atoms with E-state index >= 15 is 0 Å². The summed E-state index contributed by atoms with van der Waals surface area (Å²) in [5.41, 5.74) is 3.71. The molecule has 1 unspecified atom stereocenters. The van der Waals surface area contributed by atoms with Crippen LogP contribution in [0, 0.1) is 6.92 Å². The molecule has 1 aromatic carbocycles. The first-order chi connectivity index (χ1) is 9.72. The minimum Gasteiger partial charge on any atom is -0.314 e.